The Kier molecular flexibility index (Phi) is 5.73. The number of esters is 1. The molecule has 0 spiro atoms. The van der Waals surface area contributed by atoms with Crippen LogP contribution in [0.2, 0.25) is 0 Å². The summed E-state index contributed by atoms with van der Waals surface area (Å²) in [6, 6.07) is 11.0. The number of allylic oxidation sites excluding steroid dienone is 3. The van der Waals surface area contributed by atoms with Crippen LogP contribution >= 0.6 is 11.3 Å². The van der Waals surface area contributed by atoms with Crippen LogP contribution in [0.1, 0.15) is 55.9 Å². The van der Waals surface area contributed by atoms with Crippen LogP contribution in [0.5, 0.6) is 0 Å². The third-order valence-corrected chi connectivity index (χ3v) is 7.39. The third-order valence-electron chi connectivity index (χ3n) is 6.35. The molecule has 1 aliphatic carbocycles. The summed E-state index contributed by atoms with van der Waals surface area (Å²) >= 11 is 1.63. The van der Waals surface area contributed by atoms with Crippen molar-refractivity contribution in [2.45, 2.75) is 51.6 Å². The zero-order valence-corrected chi connectivity index (χ0v) is 20.0. The van der Waals surface area contributed by atoms with Gasteiger partial charge in [-0.3, -0.25) is 9.59 Å². The van der Waals surface area contributed by atoms with E-state index in [9.17, 15) is 14.4 Å². The van der Waals surface area contributed by atoms with E-state index < -0.39 is 11.9 Å². The van der Waals surface area contributed by atoms with E-state index in [2.05, 4.69) is 5.32 Å². The van der Waals surface area contributed by atoms with E-state index >= 15 is 0 Å². The number of Topliss-reactive ketones (excluding diaryl/α,β-unsaturated/α-hetero) is 1. The number of ether oxygens (including phenoxy) is 1. The predicted molar refractivity (Wildman–Crippen MR) is 131 cm³/mol. The van der Waals surface area contributed by atoms with Gasteiger partial charge in [-0.05, 0) is 50.8 Å². The van der Waals surface area contributed by atoms with E-state index in [1.807, 2.05) is 17.5 Å². The molecule has 0 saturated carbocycles. The van der Waals surface area contributed by atoms with Gasteiger partial charge in [-0.1, -0.05) is 18.2 Å². The molecule has 3 heterocycles. The van der Waals surface area contributed by atoms with Crippen molar-refractivity contribution in [1.29, 1.82) is 0 Å². The molecule has 7 heteroatoms. The van der Waals surface area contributed by atoms with Crippen molar-refractivity contribution in [3.05, 3.63) is 91.2 Å². The minimum atomic E-state index is -0.847. The van der Waals surface area contributed by atoms with Gasteiger partial charge in [-0.25, -0.2) is 4.79 Å². The van der Waals surface area contributed by atoms with E-state index in [1.54, 1.807) is 56.4 Å². The second-order valence-electron chi connectivity index (χ2n) is 9.00. The first-order valence-electron chi connectivity index (χ1n) is 11.3. The second kappa shape index (κ2) is 8.72. The zero-order chi connectivity index (χ0) is 24.0. The summed E-state index contributed by atoms with van der Waals surface area (Å²) in [5.41, 5.74) is 2.54. The standard InChI is InChI=1S/C27H25NO5S/c1-14(2)33-27(31)23-15(3)28-19-11-16(22-9-6-10-34-22)12-20(29)25(19)24(23)18-13-32-21-8-5-4-7-17(21)26(18)30/h4-10,13-14,16,24,28H,11-12H2,1-3H3/t16-,24-/m0/s1. The third kappa shape index (κ3) is 3.80. The molecular weight excluding hydrogens is 450 g/mol. The Labute approximate surface area is 200 Å². The number of hydrogen-bond acceptors (Lipinski definition) is 7. The fraction of sp³-hybridized carbons (Fsp3) is 0.296. The highest BCUT2D eigenvalue weighted by Gasteiger charge is 2.43. The predicted octanol–water partition coefficient (Wildman–Crippen LogP) is 5.17. The summed E-state index contributed by atoms with van der Waals surface area (Å²) in [6.07, 6.45) is 1.99. The molecule has 2 aliphatic rings. The maximum atomic E-state index is 13.6. The van der Waals surface area contributed by atoms with Crippen molar-refractivity contribution < 1.29 is 18.7 Å². The van der Waals surface area contributed by atoms with Crippen LogP contribution in [-0.2, 0) is 14.3 Å². The van der Waals surface area contributed by atoms with E-state index in [0.29, 0.717) is 35.1 Å². The van der Waals surface area contributed by atoms with Crippen LogP contribution in [0.25, 0.3) is 11.0 Å². The molecule has 5 rings (SSSR count). The summed E-state index contributed by atoms with van der Waals surface area (Å²) in [5.74, 6) is -1.41. The number of carbonyl (C=O) groups excluding carboxylic acids is 2. The van der Waals surface area contributed by atoms with E-state index in [-0.39, 0.29) is 34.4 Å². The number of thiophene rings is 1. The molecule has 0 unspecified atom stereocenters. The Morgan fingerprint density at radius 2 is 1.94 bits per heavy atom. The molecule has 2 atom stereocenters. The molecule has 0 radical (unpaired) electrons. The number of hydrogen-bond donors (Lipinski definition) is 1. The minimum absolute atomic E-state index is 0.0596. The van der Waals surface area contributed by atoms with Gasteiger partial charge < -0.3 is 14.5 Å². The molecular formula is C27H25NO5S. The van der Waals surface area contributed by atoms with Gasteiger partial charge in [0.1, 0.15) is 5.58 Å². The van der Waals surface area contributed by atoms with Crippen LogP contribution in [0.3, 0.4) is 0 Å². The van der Waals surface area contributed by atoms with Crippen molar-refractivity contribution in [2.24, 2.45) is 0 Å². The van der Waals surface area contributed by atoms with Crippen LogP contribution in [0.4, 0.5) is 0 Å². The quantitative estimate of drug-likeness (QED) is 0.524. The molecule has 6 nitrogen and oxygen atoms in total. The molecule has 34 heavy (non-hydrogen) atoms. The fourth-order valence-electron chi connectivity index (χ4n) is 4.92. The monoisotopic (exact) mass is 475 g/mol. The molecule has 0 amide bonds. The van der Waals surface area contributed by atoms with Gasteiger partial charge in [-0.2, -0.15) is 0 Å². The number of rotatable bonds is 4. The van der Waals surface area contributed by atoms with Crippen LogP contribution in [0.15, 0.2) is 79.8 Å². The lowest BCUT2D eigenvalue weighted by molar-refractivity contribution is -0.143. The van der Waals surface area contributed by atoms with Crippen molar-refractivity contribution >= 4 is 34.1 Å². The molecule has 2 aromatic heterocycles. The molecule has 174 valence electrons. The maximum absolute atomic E-state index is 13.6. The smallest absolute Gasteiger partial charge is 0.337 e. The lowest BCUT2D eigenvalue weighted by atomic mass is 9.73. The van der Waals surface area contributed by atoms with Gasteiger partial charge in [0.2, 0.25) is 0 Å². The Hall–Kier alpha value is -3.45. The summed E-state index contributed by atoms with van der Waals surface area (Å²) in [4.78, 5) is 41.5. The average molecular weight is 476 g/mol. The van der Waals surface area contributed by atoms with Crippen molar-refractivity contribution in [3.63, 3.8) is 0 Å². The zero-order valence-electron chi connectivity index (χ0n) is 19.2. The van der Waals surface area contributed by atoms with Gasteiger partial charge in [0.15, 0.2) is 11.2 Å². The molecule has 3 aromatic rings. The lowest BCUT2D eigenvalue weighted by Gasteiger charge is -2.36. The number of carbonyl (C=O) groups is 2. The fourth-order valence-corrected chi connectivity index (χ4v) is 5.75. The lowest BCUT2D eigenvalue weighted by Crippen LogP contribution is -2.37. The highest BCUT2D eigenvalue weighted by Crippen LogP contribution is 2.46. The minimum Gasteiger partial charge on any atom is -0.464 e. The van der Waals surface area contributed by atoms with Crippen molar-refractivity contribution in [1.82, 2.24) is 5.32 Å². The first-order valence-corrected chi connectivity index (χ1v) is 12.2. The van der Waals surface area contributed by atoms with Gasteiger partial charge in [0.25, 0.3) is 0 Å². The Morgan fingerprint density at radius 1 is 1.15 bits per heavy atom. The van der Waals surface area contributed by atoms with Gasteiger partial charge in [0, 0.05) is 39.7 Å². The Bertz CT molecular complexity index is 1410. The second-order valence-corrected chi connectivity index (χ2v) is 9.98. The average Bonchev–Trinajstić information content (AvgIpc) is 3.33. The van der Waals surface area contributed by atoms with Crippen LogP contribution in [-0.4, -0.2) is 17.9 Å². The first kappa shape index (κ1) is 22.3. The molecule has 0 bridgehead atoms. The SMILES string of the molecule is CC1=C(C(=O)OC(C)C)[C@H](c2coc3ccccc3c2=O)C2=C(C[C@H](c3cccs3)CC2=O)N1. The maximum Gasteiger partial charge on any atom is 0.337 e. The van der Waals surface area contributed by atoms with Gasteiger partial charge in [-0.15, -0.1) is 11.3 Å². The van der Waals surface area contributed by atoms with Crippen LogP contribution in [0, 0.1) is 0 Å². The summed E-state index contributed by atoms with van der Waals surface area (Å²) in [6.45, 7) is 5.33. The van der Waals surface area contributed by atoms with Gasteiger partial charge >= 0.3 is 5.97 Å². The molecule has 0 fully saturated rings. The topological polar surface area (TPSA) is 85.6 Å². The molecule has 0 saturated heterocycles. The Morgan fingerprint density at radius 3 is 2.68 bits per heavy atom. The summed E-state index contributed by atoms with van der Waals surface area (Å²) < 4.78 is 11.3. The first-order chi connectivity index (χ1) is 16.3. The highest BCUT2D eigenvalue weighted by molar-refractivity contribution is 7.10. The number of fused-ring (bicyclic) bond motifs is 1. The van der Waals surface area contributed by atoms with E-state index in [4.69, 9.17) is 9.15 Å². The van der Waals surface area contributed by atoms with Crippen molar-refractivity contribution in [2.75, 3.05) is 0 Å². The largest absolute Gasteiger partial charge is 0.464 e. The molecule has 1 aliphatic heterocycles. The van der Waals surface area contributed by atoms with Crippen molar-refractivity contribution in [3.8, 4) is 0 Å². The highest BCUT2D eigenvalue weighted by atomic mass is 32.1. The molecule has 1 N–H and O–H groups in total. The van der Waals surface area contributed by atoms with E-state index in [0.717, 1.165) is 10.6 Å². The summed E-state index contributed by atoms with van der Waals surface area (Å²) in [7, 11) is 0. The number of nitrogens with one attached hydrogen (secondary N) is 1. The number of ketones is 1. The number of para-hydroxylation sites is 1. The Balaban J connectivity index is 1.69. The van der Waals surface area contributed by atoms with E-state index in [1.165, 1.54) is 6.26 Å². The normalized spacial score (nSPS) is 20.5. The van der Waals surface area contributed by atoms with Gasteiger partial charge in [0.05, 0.1) is 29.2 Å². The van der Waals surface area contributed by atoms with Crippen LogP contribution < -0.4 is 10.7 Å². The molecule has 1 aromatic carbocycles. The number of dihydropyridines is 1. The number of benzene rings is 1. The summed E-state index contributed by atoms with van der Waals surface area (Å²) in [5, 5.41) is 5.73.